The Morgan fingerprint density at radius 2 is 2.05 bits per heavy atom. The van der Waals surface area contributed by atoms with Crippen LogP contribution in [0.1, 0.15) is 13.3 Å². The Morgan fingerprint density at radius 1 is 1.32 bits per heavy atom. The molecule has 1 unspecified atom stereocenters. The van der Waals surface area contributed by atoms with Gasteiger partial charge in [0.1, 0.15) is 6.10 Å². The number of nitrogens with one attached hydrogen (secondary N) is 2. The van der Waals surface area contributed by atoms with E-state index in [1.807, 2.05) is 6.92 Å². The van der Waals surface area contributed by atoms with Gasteiger partial charge < -0.3 is 20.1 Å². The molecule has 0 radical (unpaired) electrons. The summed E-state index contributed by atoms with van der Waals surface area (Å²) in [6.07, 6.45) is 0.720. The third-order valence-electron chi connectivity index (χ3n) is 2.76. The van der Waals surface area contributed by atoms with Crippen molar-refractivity contribution < 1.29 is 13.9 Å². The topological polar surface area (TPSA) is 54.9 Å². The molecule has 1 atom stereocenters. The van der Waals surface area contributed by atoms with Crippen molar-refractivity contribution in [1.82, 2.24) is 10.6 Å². The lowest BCUT2D eigenvalue weighted by Gasteiger charge is -2.18. The summed E-state index contributed by atoms with van der Waals surface area (Å²) in [7, 11) is 3.38. The van der Waals surface area contributed by atoms with Crippen LogP contribution in [0.4, 0.5) is 4.39 Å². The zero-order valence-electron chi connectivity index (χ0n) is 13.3. The Kier molecular flexibility index (Phi) is 11.8. The number of ether oxygens (including phenoxy) is 2. The van der Waals surface area contributed by atoms with Gasteiger partial charge in [-0.25, -0.2) is 4.39 Å². The lowest BCUT2D eigenvalue weighted by Crippen LogP contribution is -2.42. The highest BCUT2D eigenvalue weighted by atomic mass is 127. The molecule has 0 amide bonds. The van der Waals surface area contributed by atoms with Crippen molar-refractivity contribution in [3.05, 3.63) is 30.1 Å². The maximum atomic E-state index is 13.5. The molecule has 0 aliphatic heterocycles. The molecule has 0 saturated carbocycles. The van der Waals surface area contributed by atoms with Crippen molar-refractivity contribution in [3.63, 3.8) is 0 Å². The van der Waals surface area contributed by atoms with Gasteiger partial charge in [-0.1, -0.05) is 12.1 Å². The second-order valence-electron chi connectivity index (χ2n) is 4.59. The average molecular weight is 425 g/mol. The van der Waals surface area contributed by atoms with Gasteiger partial charge in [0.05, 0.1) is 6.54 Å². The standard InChI is InChI=1S/C15H24FN3O2.HI/c1-12(21-14-8-5-4-7-13(14)16)11-19-15(17-2)18-9-6-10-20-3;/h4-5,7-8,12H,6,9-11H2,1-3H3,(H2,17,18,19);1H. The van der Waals surface area contributed by atoms with Crippen molar-refractivity contribution in [2.75, 3.05) is 33.9 Å². The fourth-order valence-electron chi connectivity index (χ4n) is 1.68. The third-order valence-corrected chi connectivity index (χ3v) is 2.76. The molecule has 2 N–H and O–H groups in total. The number of benzene rings is 1. The fraction of sp³-hybridized carbons (Fsp3) is 0.533. The van der Waals surface area contributed by atoms with Crippen molar-refractivity contribution in [1.29, 1.82) is 0 Å². The average Bonchev–Trinajstić information content (AvgIpc) is 2.49. The molecule has 0 fully saturated rings. The second-order valence-corrected chi connectivity index (χ2v) is 4.59. The highest BCUT2D eigenvalue weighted by Gasteiger charge is 2.08. The predicted molar refractivity (Wildman–Crippen MR) is 97.8 cm³/mol. The maximum absolute atomic E-state index is 13.5. The van der Waals surface area contributed by atoms with Gasteiger partial charge in [-0.05, 0) is 25.5 Å². The Labute approximate surface area is 148 Å². The van der Waals surface area contributed by atoms with Crippen LogP contribution in [0.15, 0.2) is 29.3 Å². The van der Waals surface area contributed by atoms with Crippen LogP contribution in [-0.2, 0) is 4.74 Å². The summed E-state index contributed by atoms with van der Waals surface area (Å²) in [6.45, 7) is 3.88. The van der Waals surface area contributed by atoms with E-state index in [4.69, 9.17) is 9.47 Å². The SMILES string of the molecule is CN=C(NCCCOC)NCC(C)Oc1ccccc1F.I. The molecule has 1 aromatic carbocycles. The zero-order valence-corrected chi connectivity index (χ0v) is 15.6. The van der Waals surface area contributed by atoms with Crippen LogP contribution in [-0.4, -0.2) is 45.9 Å². The number of rotatable bonds is 8. The molecule has 0 aliphatic carbocycles. The summed E-state index contributed by atoms with van der Waals surface area (Å²) in [5.74, 6) is 0.594. The van der Waals surface area contributed by atoms with Gasteiger partial charge >= 0.3 is 0 Å². The van der Waals surface area contributed by atoms with Crippen molar-refractivity contribution in [2.45, 2.75) is 19.4 Å². The molecule has 1 aromatic rings. The summed E-state index contributed by atoms with van der Waals surface area (Å²) < 4.78 is 24.0. The van der Waals surface area contributed by atoms with Crippen LogP contribution in [0, 0.1) is 5.82 Å². The van der Waals surface area contributed by atoms with Gasteiger partial charge in [0.15, 0.2) is 17.5 Å². The van der Waals surface area contributed by atoms with Crippen LogP contribution in [0.3, 0.4) is 0 Å². The Hall–Kier alpha value is -1.09. The molecular formula is C15H25FIN3O2. The van der Waals surface area contributed by atoms with Crippen LogP contribution in [0.5, 0.6) is 5.75 Å². The molecule has 5 nitrogen and oxygen atoms in total. The van der Waals surface area contributed by atoms with Crippen molar-refractivity contribution in [2.24, 2.45) is 4.99 Å². The summed E-state index contributed by atoms with van der Waals surface area (Å²) in [5.41, 5.74) is 0. The van der Waals surface area contributed by atoms with Crippen LogP contribution in [0.2, 0.25) is 0 Å². The zero-order chi connectivity index (χ0) is 15.5. The van der Waals surface area contributed by atoms with E-state index < -0.39 is 0 Å². The molecule has 0 heterocycles. The number of para-hydroxylation sites is 1. The molecule has 126 valence electrons. The van der Waals surface area contributed by atoms with Gasteiger partial charge in [0, 0.05) is 27.3 Å². The minimum absolute atomic E-state index is 0. The number of guanidine groups is 1. The first-order valence-electron chi connectivity index (χ1n) is 7.02. The normalized spacial score (nSPS) is 12.3. The van der Waals surface area contributed by atoms with E-state index in [2.05, 4.69) is 15.6 Å². The van der Waals surface area contributed by atoms with E-state index in [0.717, 1.165) is 13.0 Å². The summed E-state index contributed by atoms with van der Waals surface area (Å²) >= 11 is 0. The number of halogens is 2. The van der Waals surface area contributed by atoms with Gasteiger partial charge in [-0.3, -0.25) is 4.99 Å². The molecule has 0 spiro atoms. The first kappa shape index (κ1) is 20.9. The molecule has 0 saturated heterocycles. The second kappa shape index (κ2) is 12.5. The van der Waals surface area contributed by atoms with E-state index in [0.29, 0.717) is 19.1 Å². The lowest BCUT2D eigenvalue weighted by atomic mass is 10.3. The van der Waals surface area contributed by atoms with Crippen LogP contribution in [0.25, 0.3) is 0 Å². The van der Waals surface area contributed by atoms with Gasteiger partial charge in [-0.2, -0.15) is 0 Å². The smallest absolute Gasteiger partial charge is 0.191 e. The maximum Gasteiger partial charge on any atom is 0.191 e. The number of methoxy groups -OCH3 is 1. The Morgan fingerprint density at radius 3 is 2.68 bits per heavy atom. The van der Waals surface area contributed by atoms with Gasteiger partial charge in [-0.15, -0.1) is 24.0 Å². The van der Waals surface area contributed by atoms with Crippen molar-refractivity contribution >= 4 is 29.9 Å². The molecule has 0 aromatic heterocycles. The molecular weight excluding hydrogens is 400 g/mol. The quantitative estimate of drug-likeness (QED) is 0.291. The third kappa shape index (κ3) is 8.38. The van der Waals surface area contributed by atoms with Gasteiger partial charge in [0.25, 0.3) is 0 Å². The van der Waals surface area contributed by atoms with E-state index >= 15 is 0 Å². The Balaban J connectivity index is 0.00000441. The summed E-state index contributed by atoms with van der Waals surface area (Å²) in [4.78, 5) is 4.11. The van der Waals surface area contributed by atoms with E-state index in [-0.39, 0.29) is 41.6 Å². The molecule has 7 heteroatoms. The van der Waals surface area contributed by atoms with E-state index in [9.17, 15) is 4.39 Å². The van der Waals surface area contributed by atoms with Crippen LogP contribution < -0.4 is 15.4 Å². The number of aliphatic imine (C=N–C) groups is 1. The van der Waals surface area contributed by atoms with Gasteiger partial charge in [0.2, 0.25) is 0 Å². The first-order valence-corrected chi connectivity index (χ1v) is 7.02. The number of hydrogen-bond donors (Lipinski definition) is 2. The Bertz CT molecular complexity index is 447. The molecule has 0 bridgehead atoms. The van der Waals surface area contributed by atoms with E-state index in [1.165, 1.54) is 6.07 Å². The van der Waals surface area contributed by atoms with Crippen molar-refractivity contribution in [3.8, 4) is 5.75 Å². The fourth-order valence-corrected chi connectivity index (χ4v) is 1.68. The molecule has 0 aliphatic rings. The number of nitrogens with zero attached hydrogens (tertiary/aromatic N) is 1. The predicted octanol–water partition coefficient (Wildman–Crippen LogP) is 2.41. The van der Waals surface area contributed by atoms with Crippen LogP contribution >= 0.6 is 24.0 Å². The van der Waals surface area contributed by atoms with E-state index in [1.54, 1.807) is 32.4 Å². The summed E-state index contributed by atoms with van der Waals surface area (Å²) in [5, 5.41) is 6.30. The molecule has 22 heavy (non-hydrogen) atoms. The minimum Gasteiger partial charge on any atom is -0.486 e. The first-order chi connectivity index (χ1) is 10.2. The molecule has 1 rings (SSSR count). The summed E-state index contributed by atoms with van der Waals surface area (Å²) in [6, 6.07) is 6.38. The highest BCUT2D eigenvalue weighted by Crippen LogP contribution is 2.16. The highest BCUT2D eigenvalue weighted by molar-refractivity contribution is 14.0. The monoisotopic (exact) mass is 425 g/mol. The minimum atomic E-state index is -0.355. The largest absolute Gasteiger partial charge is 0.486 e. The number of hydrogen-bond acceptors (Lipinski definition) is 3. The lowest BCUT2D eigenvalue weighted by molar-refractivity contribution is 0.195.